The van der Waals surface area contributed by atoms with Gasteiger partial charge < -0.3 is 0 Å². The number of Topliss-reactive ketones (excluding diaryl/α,β-unsaturated/α-hetero) is 1. The van der Waals surface area contributed by atoms with E-state index in [1.807, 2.05) is 6.92 Å². The van der Waals surface area contributed by atoms with Gasteiger partial charge in [0.25, 0.3) is 0 Å². The number of aryl methyl sites for hydroxylation is 1. The van der Waals surface area contributed by atoms with Gasteiger partial charge in [-0.15, -0.1) is 0 Å². The smallest absolute Gasteiger partial charge is 0.159 e. The summed E-state index contributed by atoms with van der Waals surface area (Å²) in [6.45, 7) is 3.55. The summed E-state index contributed by atoms with van der Waals surface area (Å²) in [7, 11) is 0. The fourth-order valence-corrected chi connectivity index (χ4v) is 1.30. The lowest BCUT2D eigenvalue weighted by Gasteiger charge is -1.94. The molecule has 0 N–H and O–H groups in total. The molecule has 0 saturated heterocycles. The van der Waals surface area contributed by atoms with Gasteiger partial charge in [-0.2, -0.15) is 5.10 Å². The average Bonchev–Trinajstić information content (AvgIpc) is 2.58. The van der Waals surface area contributed by atoms with E-state index in [4.69, 9.17) is 0 Å². The van der Waals surface area contributed by atoms with Crippen LogP contribution in [0.15, 0.2) is 18.3 Å². The van der Waals surface area contributed by atoms with E-state index in [-0.39, 0.29) is 5.78 Å². The van der Waals surface area contributed by atoms with Crippen LogP contribution < -0.4 is 0 Å². The number of rotatable bonds is 2. The van der Waals surface area contributed by atoms with Gasteiger partial charge in [0.05, 0.1) is 0 Å². The minimum absolute atomic E-state index is 0.0496. The molecule has 2 aromatic heterocycles. The van der Waals surface area contributed by atoms with Crippen molar-refractivity contribution < 1.29 is 4.79 Å². The summed E-state index contributed by atoms with van der Waals surface area (Å²) in [5, 5.41) is 4.23. The summed E-state index contributed by atoms with van der Waals surface area (Å²) >= 11 is 0. The van der Waals surface area contributed by atoms with E-state index < -0.39 is 0 Å². The number of fused-ring (bicyclic) bond motifs is 1. The van der Waals surface area contributed by atoms with Crippen LogP contribution in [0.2, 0.25) is 0 Å². The number of nitrogens with zero attached hydrogens (tertiary/aromatic N) is 3. The maximum absolute atomic E-state index is 11.1. The Balaban J connectivity index is 2.59. The van der Waals surface area contributed by atoms with Gasteiger partial charge in [0.1, 0.15) is 0 Å². The molecule has 2 aromatic rings. The third-order valence-electron chi connectivity index (χ3n) is 2.10. The molecule has 0 unspecified atom stereocenters. The Labute approximate surface area is 81.6 Å². The van der Waals surface area contributed by atoms with Gasteiger partial charge in [0.15, 0.2) is 17.3 Å². The molecule has 0 aliphatic rings. The van der Waals surface area contributed by atoms with Gasteiger partial charge in [-0.05, 0) is 19.1 Å². The minimum atomic E-state index is 0.0496. The first-order valence-corrected chi connectivity index (χ1v) is 4.57. The van der Waals surface area contributed by atoms with Crippen molar-refractivity contribution in [2.24, 2.45) is 0 Å². The van der Waals surface area contributed by atoms with Crippen LogP contribution in [0.4, 0.5) is 0 Å². The Morgan fingerprint density at radius 3 is 3.00 bits per heavy atom. The standard InChI is InChI=1S/C10H11N3O/c1-3-9-11-10-6-8(7(2)14)4-5-13(10)12-9/h4-6H,3H2,1-2H3. The van der Waals surface area contributed by atoms with Crippen LogP contribution in [0.3, 0.4) is 0 Å². The molecule has 4 heteroatoms. The first-order chi connectivity index (χ1) is 6.70. The molecule has 0 fully saturated rings. The van der Waals surface area contributed by atoms with E-state index in [0.29, 0.717) is 5.56 Å². The highest BCUT2D eigenvalue weighted by Gasteiger charge is 2.04. The van der Waals surface area contributed by atoms with Crippen LogP contribution >= 0.6 is 0 Å². The largest absolute Gasteiger partial charge is 0.295 e. The summed E-state index contributed by atoms with van der Waals surface area (Å²) in [4.78, 5) is 15.4. The van der Waals surface area contributed by atoms with Crippen LogP contribution in [0.1, 0.15) is 30.0 Å². The third kappa shape index (κ3) is 1.39. The predicted molar refractivity (Wildman–Crippen MR) is 52.4 cm³/mol. The maximum atomic E-state index is 11.1. The van der Waals surface area contributed by atoms with Crippen LogP contribution in [-0.4, -0.2) is 20.4 Å². The monoisotopic (exact) mass is 189 g/mol. The number of hydrogen-bond acceptors (Lipinski definition) is 3. The molecule has 0 radical (unpaired) electrons. The molecule has 0 amide bonds. The molecular formula is C10H11N3O. The van der Waals surface area contributed by atoms with Crippen molar-refractivity contribution in [3.63, 3.8) is 0 Å². The Kier molecular flexibility index (Phi) is 2.04. The molecule has 2 heterocycles. The van der Waals surface area contributed by atoms with Gasteiger partial charge in [-0.25, -0.2) is 9.50 Å². The van der Waals surface area contributed by atoms with Crippen molar-refractivity contribution in [1.82, 2.24) is 14.6 Å². The predicted octanol–water partition coefficient (Wildman–Crippen LogP) is 1.49. The van der Waals surface area contributed by atoms with Crippen LogP contribution in [0.25, 0.3) is 5.65 Å². The highest BCUT2D eigenvalue weighted by molar-refractivity contribution is 5.94. The quantitative estimate of drug-likeness (QED) is 0.672. The van der Waals surface area contributed by atoms with Gasteiger partial charge in [0, 0.05) is 18.2 Å². The van der Waals surface area contributed by atoms with E-state index in [1.54, 1.807) is 29.8 Å². The maximum Gasteiger partial charge on any atom is 0.159 e. The Morgan fingerprint density at radius 1 is 1.57 bits per heavy atom. The van der Waals surface area contributed by atoms with Crippen molar-refractivity contribution in [3.05, 3.63) is 29.7 Å². The lowest BCUT2D eigenvalue weighted by atomic mass is 10.2. The van der Waals surface area contributed by atoms with E-state index in [9.17, 15) is 4.79 Å². The fourth-order valence-electron chi connectivity index (χ4n) is 1.30. The number of ketones is 1. The topological polar surface area (TPSA) is 47.3 Å². The van der Waals surface area contributed by atoms with Crippen molar-refractivity contribution in [2.45, 2.75) is 20.3 Å². The molecule has 0 bridgehead atoms. The first-order valence-electron chi connectivity index (χ1n) is 4.57. The van der Waals surface area contributed by atoms with Gasteiger partial charge >= 0.3 is 0 Å². The van der Waals surface area contributed by atoms with Gasteiger partial charge in [-0.1, -0.05) is 6.92 Å². The molecule has 0 spiro atoms. The SMILES string of the molecule is CCc1nc2cc(C(C)=O)ccn2n1. The molecule has 2 rings (SSSR count). The van der Waals surface area contributed by atoms with Crippen molar-refractivity contribution in [2.75, 3.05) is 0 Å². The molecule has 0 aliphatic heterocycles. The summed E-state index contributed by atoms with van der Waals surface area (Å²) in [5.74, 6) is 0.847. The van der Waals surface area contributed by atoms with Crippen LogP contribution in [0, 0.1) is 0 Å². The van der Waals surface area contributed by atoms with Crippen molar-refractivity contribution in [3.8, 4) is 0 Å². The average molecular weight is 189 g/mol. The summed E-state index contributed by atoms with van der Waals surface area (Å²) < 4.78 is 1.69. The Bertz CT molecular complexity index is 487. The Hall–Kier alpha value is -1.71. The second-order valence-corrected chi connectivity index (χ2v) is 3.16. The zero-order valence-corrected chi connectivity index (χ0v) is 8.19. The molecular weight excluding hydrogens is 178 g/mol. The zero-order valence-electron chi connectivity index (χ0n) is 8.19. The van der Waals surface area contributed by atoms with E-state index in [0.717, 1.165) is 17.9 Å². The van der Waals surface area contributed by atoms with E-state index in [1.165, 1.54) is 0 Å². The van der Waals surface area contributed by atoms with E-state index >= 15 is 0 Å². The fraction of sp³-hybridized carbons (Fsp3) is 0.300. The van der Waals surface area contributed by atoms with Crippen LogP contribution in [0.5, 0.6) is 0 Å². The lowest BCUT2D eigenvalue weighted by molar-refractivity contribution is 0.101. The molecule has 72 valence electrons. The number of carbonyl (C=O) groups excluding carboxylic acids is 1. The van der Waals surface area contributed by atoms with Crippen molar-refractivity contribution >= 4 is 11.4 Å². The number of aromatic nitrogens is 3. The highest BCUT2D eigenvalue weighted by Crippen LogP contribution is 2.06. The normalized spacial score (nSPS) is 10.7. The van der Waals surface area contributed by atoms with Crippen LogP contribution in [-0.2, 0) is 6.42 Å². The second kappa shape index (κ2) is 3.21. The zero-order chi connectivity index (χ0) is 10.1. The summed E-state index contributed by atoms with van der Waals surface area (Å²) in [6, 6.07) is 3.51. The number of pyridine rings is 1. The Morgan fingerprint density at radius 2 is 2.36 bits per heavy atom. The minimum Gasteiger partial charge on any atom is -0.295 e. The molecule has 4 nitrogen and oxygen atoms in total. The molecule has 0 aliphatic carbocycles. The van der Waals surface area contributed by atoms with Crippen molar-refractivity contribution in [1.29, 1.82) is 0 Å². The number of carbonyl (C=O) groups is 1. The molecule has 0 aromatic carbocycles. The number of hydrogen-bond donors (Lipinski definition) is 0. The van der Waals surface area contributed by atoms with E-state index in [2.05, 4.69) is 10.1 Å². The molecule has 0 atom stereocenters. The molecule has 14 heavy (non-hydrogen) atoms. The summed E-state index contributed by atoms with van der Waals surface area (Å²) in [5.41, 5.74) is 1.40. The first kappa shape index (κ1) is 8.87. The van der Waals surface area contributed by atoms with Gasteiger partial charge in [0.2, 0.25) is 0 Å². The van der Waals surface area contributed by atoms with Gasteiger partial charge in [-0.3, -0.25) is 4.79 Å². The lowest BCUT2D eigenvalue weighted by Crippen LogP contribution is -1.94. The molecule has 0 saturated carbocycles. The second-order valence-electron chi connectivity index (χ2n) is 3.16. The highest BCUT2D eigenvalue weighted by atomic mass is 16.1. The third-order valence-corrected chi connectivity index (χ3v) is 2.10. The summed E-state index contributed by atoms with van der Waals surface area (Å²) in [6.07, 6.45) is 2.56.